The van der Waals surface area contributed by atoms with Gasteiger partial charge in [0.1, 0.15) is 5.75 Å². The zero-order valence-corrected chi connectivity index (χ0v) is 28.6. The minimum atomic E-state index is -5.71. The van der Waals surface area contributed by atoms with Crippen molar-refractivity contribution in [2.45, 2.75) is 59.7 Å². The Kier molecular flexibility index (Phi) is 12.5. The first-order chi connectivity index (χ1) is 23.6. The fourth-order valence-electron chi connectivity index (χ4n) is 5.05. The highest BCUT2D eigenvalue weighted by Crippen LogP contribution is 2.41. The molecule has 0 aromatic heterocycles. The van der Waals surface area contributed by atoms with Crippen molar-refractivity contribution in [3.8, 4) is 5.75 Å². The van der Waals surface area contributed by atoms with Gasteiger partial charge in [-0.15, -0.1) is 0 Å². The summed E-state index contributed by atoms with van der Waals surface area (Å²) in [4.78, 5) is -0.0191. The molecule has 0 N–H and O–H groups in total. The van der Waals surface area contributed by atoms with Crippen LogP contribution in [0.25, 0.3) is 0 Å². The van der Waals surface area contributed by atoms with E-state index in [2.05, 4.69) is 58.4 Å². The van der Waals surface area contributed by atoms with Crippen LogP contribution in [-0.2, 0) is 0 Å². The Labute approximate surface area is 288 Å². The second-order valence-electron chi connectivity index (χ2n) is 12.9. The average molecular weight is 694 g/mol. The number of alkyl halides is 5. The minimum absolute atomic E-state index is 0.0191. The van der Waals surface area contributed by atoms with E-state index < -0.39 is 18.8 Å². The molecule has 4 aromatic carbocycles. The molecule has 0 spiro atoms. The highest BCUT2D eigenvalue weighted by atomic mass is 19.4. The fourth-order valence-corrected chi connectivity index (χ4v) is 5.05. The summed E-state index contributed by atoms with van der Waals surface area (Å²) in [5.41, 5.74) is 3.32. The molecule has 0 aliphatic heterocycles. The smallest absolute Gasteiger partial charge is 0.475 e. The molecule has 0 aliphatic carbocycles. The van der Waals surface area contributed by atoms with Crippen LogP contribution in [0.2, 0.25) is 0 Å². The van der Waals surface area contributed by atoms with Crippen LogP contribution >= 0.6 is 0 Å². The van der Waals surface area contributed by atoms with E-state index in [1.165, 1.54) is 19.1 Å². The van der Waals surface area contributed by atoms with Gasteiger partial charge in [-0.05, 0) is 128 Å². The molecule has 0 fully saturated rings. The third-order valence-corrected chi connectivity index (χ3v) is 7.38. The van der Waals surface area contributed by atoms with Crippen LogP contribution in [0.4, 0.5) is 61.8 Å². The Morgan fingerprint density at radius 2 is 0.920 bits per heavy atom. The summed E-state index contributed by atoms with van der Waals surface area (Å²) in [5, 5.41) is 25.2. The van der Waals surface area contributed by atoms with Crippen LogP contribution in [0.1, 0.15) is 47.5 Å². The summed E-state index contributed by atoms with van der Waals surface area (Å²) in [7, 11) is 0. The lowest BCUT2D eigenvalue weighted by atomic mass is 9.84. The highest BCUT2D eigenvalue weighted by molar-refractivity contribution is 5.55. The number of nitrogens with zero attached hydrogens (tertiary/aromatic N) is 7. The molecular formula is C37H40F5N7O. The molecule has 0 radical (unpaired) electrons. The van der Waals surface area contributed by atoms with Crippen molar-refractivity contribution in [1.82, 2.24) is 0 Å². The maximum absolute atomic E-state index is 13.8. The Hall–Kier alpha value is -5.07. The summed E-state index contributed by atoms with van der Waals surface area (Å²) in [5.74, 6) is 1.40. The van der Waals surface area contributed by atoms with Crippen LogP contribution < -0.4 is 9.64 Å². The minimum Gasteiger partial charge on any atom is -0.494 e. The molecule has 50 heavy (non-hydrogen) atoms. The molecule has 0 heterocycles. The second-order valence-corrected chi connectivity index (χ2v) is 12.9. The van der Waals surface area contributed by atoms with Gasteiger partial charge in [-0.2, -0.15) is 52.6 Å². The van der Waals surface area contributed by atoms with Gasteiger partial charge in [0, 0.05) is 12.2 Å². The van der Waals surface area contributed by atoms with E-state index in [0.717, 1.165) is 30.7 Å². The predicted octanol–water partition coefficient (Wildman–Crippen LogP) is 13.8. The third-order valence-electron chi connectivity index (χ3n) is 7.38. The molecule has 13 heteroatoms. The lowest BCUT2D eigenvalue weighted by molar-refractivity contribution is -0.281. The third kappa shape index (κ3) is 11.2. The molecule has 0 saturated heterocycles. The lowest BCUT2D eigenvalue weighted by Gasteiger charge is -2.33. The Bertz CT molecular complexity index is 1730. The van der Waals surface area contributed by atoms with Crippen LogP contribution in [0, 0.1) is 11.3 Å². The first-order valence-electron chi connectivity index (χ1n) is 16.1. The number of ether oxygens (including phenoxy) is 1. The molecule has 8 nitrogen and oxygen atoms in total. The first-order valence-corrected chi connectivity index (χ1v) is 16.1. The zero-order valence-electron chi connectivity index (χ0n) is 28.6. The standard InChI is InChI=1S/C37H40F5N7O/c1-6-49(37(41,42)36(38,39)40)33-19-15-31(16-20-33)47-45-29-11-7-27(8-12-29)43-44-28-9-13-30(14-10-28)46-48-32-17-21-34(22-18-32)50-24-23-26(2)25-35(3,4)5/h7-22,26H,6,23-25H2,1-5H3/b44-43+,47-45+,48-46+. The molecule has 0 saturated carbocycles. The summed E-state index contributed by atoms with van der Waals surface area (Å²) < 4.78 is 72.0. The van der Waals surface area contributed by atoms with Crippen molar-refractivity contribution in [2.24, 2.45) is 42.0 Å². The van der Waals surface area contributed by atoms with Crippen LogP contribution in [0.5, 0.6) is 5.75 Å². The Balaban J connectivity index is 1.26. The molecule has 0 amide bonds. The predicted molar refractivity (Wildman–Crippen MR) is 186 cm³/mol. The van der Waals surface area contributed by atoms with Crippen molar-refractivity contribution in [3.63, 3.8) is 0 Å². The van der Waals surface area contributed by atoms with E-state index in [4.69, 9.17) is 4.74 Å². The number of hydrogen-bond acceptors (Lipinski definition) is 8. The Morgan fingerprint density at radius 3 is 1.24 bits per heavy atom. The molecule has 4 aromatic rings. The van der Waals surface area contributed by atoms with Crippen molar-refractivity contribution in [1.29, 1.82) is 0 Å². The monoisotopic (exact) mass is 693 g/mol. The molecule has 1 unspecified atom stereocenters. The lowest BCUT2D eigenvalue weighted by Crippen LogP contribution is -2.52. The van der Waals surface area contributed by atoms with Gasteiger partial charge in [0.05, 0.1) is 40.7 Å². The number of benzene rings is 4. The topological polar surface area (TPSA) is 86.6 Å². The van der Waals surface area contributed by atoms with Crippen molar-refractivity contribution in [2.75, 3.05) is 18.1 Å². The first kappa shape index (κ1) is 37.7. The molecule has 264 valence electrons. The molecule has 0 aliphatic rings. The van der Waals surface area contributed by atoms with E-state index in [9.17, 15) is 22.0 Å². The number of anilines is 1. The van der Waals surface area contributed by atoms with Crippen molar-refractivity contribution >= 4 is 39.8 Å². The van der Waals surface area contributed by atoms with Crippen LogP contribution in [0.3, 0.4) is 0 Å². The van der Waals surface area contributed by atoms with Gasteiger partial charge in [-0.3, -0.25) is 0 Å². The number of halogens is 5. The molecule has 4 rings (SSSR count). The van der Waals surface area contributed by atoms with Gasteiger partial charge in [-0.1, -0.05) is 27.7 Å². The molecule has 0 bridgehead atoms. The number of hydrogen-bond donors (Lipinski definition) is 0. The van der Waals surface area contributed by atoms with Gasteiger partial charge in [0.2, 0.25) is 0 Å². The van der Waals surface area contributed by atoms with Gasteiger partial charge in [0.15, 0.2) is 0 Å². The number of rotatable bonds is 14. The molecule has 1 atom stereocenters. The summed E-state index contributed by atoms with van der Waals surface area (Å²) in [6, 6.07) is 21.2. The van der Waals surface area contributed by atoms with E-state index in [1.54, 1.807) is 48.5 Å². The van der Waals surface area contributed by atoms with Crippen LogP contribution in [0.15, 0.2) is 128 Å². The van der Waals surface area contributed by atoms with E-state index in [1.807, 2.05) is 24.3 Å². The maximum atomic E-state index is 13.8. The van der Waals surface area contributed by atoms with Crippen molar-refractivity contribution in [3.05, 3.63) is 97.1 Å². The largest absolute Gasteiger partial charge is 0.494 e. The summed E-state index contributed by atoms with van der Waals surface area (Å²) in [6.07, 6.45) is -3.55. The summed E-state index contributed by atoms with van der Waals surface area (Å²) >= 11 is 0. The van der Waals surface area contributed by atoms with Crippen LogP contribution in [-0.4, -0.2) is 25.4 Å². The fraction of sp³-hybridized carbons (Fsp3) is 0.351. The van der Waals surface area contributed by atoms with Gasteiger partial charge in [0.25, 0.3) is 0 Å². The molecular weight excluding hydrogens is 653 g/mol. The normalized spacial score (nSPS) is 13.4. The quantitative estimate of drug-likeness (QED) is 0.0748. The second kappa shape index (κ2) is 16.6. The van der Waals surface area contributed by atoms with E-state index in [0.29, 0.717) is 46.4 Å². The summed E-state index contributed by atoms with van der Waals surface area (Å²) in [6.45, 7) is 10.4. The highest BCUT2D eigenvalue weighted by Gasteiger charge is 2.61. The van der Waals surface area contributed by atoms with Gasteiger partial charge < -0.3 is 9.64 Å². The average Bonchev–Trinajstić information content (AvgIpc) is 3.06. The zero-order chi connectivity index (χ0) is 36.4. The van der Waals surface area contributed by atoms with Crippen molar-refractivity contribution < 1.29 is 26.7 Å². The van der Waals surface area contributed by atoms with E-state index in [-0.39, 0.29) is 16.3 Å². The number of azo groups is 3. The SMILES string of the molecule is CCN(c1ccc(/N=N/c2ccc(/N=N/c3ccc(/N=N/c4ccc(OCCC(C)CC(C)(C)C)cc4)cc3)cc2)cc1)C(F)(F)C(F)(F)F. The van der Waals surface area contributed by atoms with Gasteiger partial charge in [-0.25, -0.2) is 0 Å². The Morgan fingerprint density at radius 1 is 0.580 bits per heavy atom. The van der Waals surface area contributed by atoms with E-state index >= 15 is 0 Å². The maximum Gasteiger partial charge on any atom is 0.475 e. The van der Waals surface area contributed by atoms with Gasteiger partial charge >= 0.3 is 12.2 Å².